The van der Waals surface area contributed by atoms with Crippen LogP contribution in [0, 0.1) is 0 Å². The molecule has 8 nitrogen and oxygen atoms in total. The molecule has 2 aliphatic heterocycles. The van der Waals surface area contributed by atoms with E-state index in [2.05, 4.69) is 10.2 Å². The second-order valence-electron chi connectivity index (χ2n) is 8.90. The van der Waals surface area contributed by atoms with Crippen molar-refractivity contribution in [2.24, 2.45) is 0 Å². The maximum absolute atomic E-state index is 13.1. The summed E-state index contributed by atoms with van der Waals surface area (Å²) in [4.78, 5) is 29.0. The lowest BCUT2D eigenvalue weighted by Crippen LogP contribution is -2.51. The SMILES string of the molecule is CC1CCCCN1S(=O)(=O)c1cccc(C(=O)N2CCN(CC(=O)NC3CC3)CC2)c1. The number of hydrogen-bond donors (Lipinski definition) is 1. The van der Waals surface area contributed by atoms with Crippen LogP contribution in [0.15, 0.2) is 29.2 Å². The highest BCUT2D eigenvalue weighted by Gasteiger charge is 2.32. The molecule has 1 aliphatic carbocycles. The van der Waals surface area contributed by atoms with Gasteiger partial charge in [0.15, 0.2) is 0 Å². The third kappa shape index (κ3) is 5.27. The van der Waals surface area contributed by atoms with Crippen molar-refractivity contribution < 1.29 is 18.0 Å². The number of amides is 2. The van der Waals surface area contributed by atoms with E-state index in [0.717, 1.165) is 32.1 Å². The number of carbonyl (C=O) groups is 2. The van der Waals surface area contributed by atoms with Crippen LogP contribution in [0.5, 0.6) is 0 Å². The summed E-state index contributed by atoms with van der Waals surface area (Å²) < 4.78 is 27.8. The Hall–Kier alpha value is -1.97. The van der Waals surface area contributed by atoms with E-state index in [1.54, 1.807) is 27.4 Å². The van der Waals surface area contributed by atoms with Crippen molar-refractivity contribution in [3.63, 3.8) is 0 Å². The Morgan fingerprint density at radius 1 is 1.03 bits per heavy atom. The van der Waals surface area contributed by atoms with E-state index < -0.39 is 10.0 Å². The molecular weight excluding hydrogens is 416 g/mol. The molecular formula is C22H32N4O4S. The largest absolute Gasteiger partial charge is 0.352 e. The van der Waals surface area contributed by atoms with Crippen molar-refractivity contribution in [1.82, 2.24) is 19.4 Å². The van der Waals surface area contributed by atoms with E-state index in [4.69, 9.17) is 0 Å². The van der Waals surface area contributed by atoms with Gasteiger partial charge in [0.2, 0.25) is 15.9 Å². The first kappa shape index (κ1) is 22.2. The van der Waals surface area contributed by atoms with Crippen LogP contribution in [0.1, 0.15) is 49.4 Å². The van der Waals surface area contributed by atoms with Gasteiger partial charge in [-0.25, -0.2) is 8.42 Å². The van der Waals surface area contributed by atoms with Crippen molar-refractivity contribution in [3.05, 3.63) is 29.8 Å². The lowest BCUT2D eigenvalue weighted by Gasteiger charge is -2.34. The average Bonchev–Trinajstić information content (AvgIpc) is 3.58. The van der Waals surface area contributed by atoms with Gasteiger partial charge >= 0.3 is 0 Å². The summed E-state index contributed by atoms with van der Waals surface area (Å²) in [5.41, 5.74) is 0.394. The van der Waals surface area contributed by atoms with E-state index in [0.29, 0.717) is 50.9 Å². The minimum absolute atomic E-state index is 0.0247. The summed E-state index contributed by atoms with van der Waals surface area (Å²) in [6, 6.07) is 6.73. The number of rotatable bonds is 6. The highest BCUT2D eigenvalue weighted by Crippen LogP contribution is 2.26. The fourth-order valence-corrected chi connectivity index (χ4v) is 6.10. The molecule has 2 amide bonds. The lowest BCUT2D eigenvalue weighted by molar-refractivity contribution is -0.122. The van der Waals surface area contributed by atoms with Crippen LogP contribution in [-0.2, 0) is 14.8 Å². The summed E-state index contributed by atoms with van der Waals surface area (Å²) in [6.07, 6.45) is 4.91. The predicted molar refractivity (Wildman–Crippen MR) is 117 cm³/mol. The van der Waals surface area contributed by atoms with E-state index in [1.807, 2.05) is 6.92 Å². The Bertz CT molecular complexity index is 923. The van der Waals surface area contributed by atoms with Crippen molar-refractivity contribution in [3.8, 4) is 0 Å². The second kappa shape index (κ2) is 9.26. The normalized spacial score (nSPS) is 23.5. The zero-order chi connectivity index (χ0) is 22.0. The van der Waals surface area contributed by atoms with Crippen molar-refractivity contribution in [2.75, 3.05) is 39.3 Å². The van der Waals surface area contributed by atoms with E-state index in [1.165, 1.54) is 6.07 Å². The van der Waals surface area contributed by atoms with E-state index >= 15 is 0 Å². The quantitative estimate of drug-likeness (QED) is 0.708. The number of piperidine rings is 1. The van der Waals surface area contributed by atoms with Crippen LogP contribution in [0.3, 0.4) is 0 Å². The molecule has 1 aromatic carbocycles. The molecule has 0 bridgehead atoms. The lowest BCUT2D eigenvalue weighted by atomic mass is 10.1. The fourth-order valence-electron chi connectivity index (χ4n) is 4.35. The maximum Gasteiger partial charge on any atom is 0.253 e. The van der Waals surface area contributed by atoms with Crippen LogP contribution in [0.25, 0.3) is 0 Å². The van der Waals surface area contributed by atoms with Gasteiger partial charge < -0.3 is 10.2 Å². The van der Waals surface area contributed by atoms with Gasteiger partial charge in [-0.05, 0) is 50.8 Å². The number of nitrogens with zero attached hydrogens (tertiary/aromatic N) is 3. The van der Waals surface area contributed by atoms with Crippen LogP contribution in [0.4, 0.5) is 0 Å². The molecule has 1 aromatic rings. The van der Waals surface area contributed by atoms with Gasteiger partial charge in [0.05, 0.1) is 11.4 Å². The number of benzene rings is 1. The smallest absolute Gasteiger partial charge is 0.253 e. The number of piperazine rings is 1. The van der Waals surface area contributed by atoms with E-state index in [-0.39, 0.29) is 22.8 Å². The first-order chi connectivity index (χ1) is 14.8. The third-order valence-corrected chi connectivity index (χ3v) is 8.41. The van der Waals surface area contributed by atoms with Gasteiger partial charge in [0.1, 0.15) is 0 Å². The number of carbonyl (C=O) groups excluding carboxylic acids is 2. The molecule has 2 heterocycles. The molecule has 170 valence electrons. The molecule has 0 radical (unpaired) electrons. The van der Waals surface area contributed by atoms with Crippen molar-refractivity contribution >= 4 is 21.8 Å². The van der Waals surface area contributed by atoms with Gasteiger partial charge in [-0.3, -0.25) is 14.5 Å². The minimum Gasteiger partial charge on any atom is -0.352 e. The monoisotopic (exact) mass is 448 g/mol. The number of hydrogen-bond acceptors (Lipinski definition) is 5. The second-order valence-corrected chi connectivity index (χ2v) is 10.8. The summed E-state index contributed by atoms with van der Waals surface area (Å²) in [7, 11) is -3.62. The molecule has 31 heavy (non-hydrogen) atoms. The van der Waals surface area contributed by atoms with Gasteiger partial charge in [-0.15, -0.1) is 0 Å². The summed E-state index contributed by atoms with van der Waals surface area (Å²) in [6.45, 7) is 5.14. The fraction of sp³-hybridized carbons (Fsp3) is 0.636. The molecule has 1 N–H and O–H groups in total. The molecule has 9 heteroatoms. The molecule has 3 fully saturated rings. The highest BCUT2D eigenvalue weighted by molar-refractivity contribution is 7.89. The first-order valence-electron chi connectivity index (χ1n) is 11.3. The van der Waals surface area contributed by atoms with Gasteiger partial charge in [0.25, 0.3) is 5.91 Å². The number of nitrogens with one attached hydrogen (secondary N) is 1. The maximum atomic E-state index is 13.1. The molecule has 0 aromatic heterocycles. The molecule has 0 spiro atoms. The Morgan fingerprint density at radius 2 is 1.77 bits per heavy atom. The topological polar surface area (TPSA) is 90.0 Å². The third-order valence-electron chi connectivity index (χ3n) is 6.40. The van der Waals surface area contributed by atoms with Crippen LogP contribution >= 0.6 is 0 Å². The van der Waals surface area contributed by atoms with Gasteiger partial charge in [-0.1, -0.05) is 12.5 Å². The zero-order valence-corrected chi connectivity index (χ0v) is 18.9. The van der Waals surface area contributed by atoms with Crippen molar-refractivity contribution in [1.29, 1.82) is 0 Å². The van der Waals surface area contributed by atoms with Crippen LogP contribution in [0.2, 0.25) is 0 Å². The number of sulfonamides is 1. The van der Waals surface area contributed by atoms with Gasteiger partial charge in [-0.2, -0.15) is 4.31 Å². The van der Waals surface area contributed by atoms with Crippen LogP contribution in [-0.4, -0.2) is 85.7 Å². The Morgan fingerprint density at radius 3 is 2.45 bits per heavy atom. The van der Waals surface area contributed by atoms with Crippen molar-refractivity contribution in [2.45, 2.75) is 56.0 Å². The first-order valence-corrected chi connectivity index (χ1v) is 12.7. The molecule has 1 saturated carbocycles. The minimum atomic E-state index is -3.62. The van der Waals surface area contributed by atoms with Gasteiger partial charge in [0, 0.05) is 50.4 Å². The Kier molecular flexibility index (Phi) is 6.64. The molecule has 2 saturated heterocycles. The Labute approximate surface area is 184 Å². The highest BCUT2D eigenvalue weighted by atomic mass is 32.2. The van der Waals surface area contributed by atoms with Crippen LogP contribution < -0.4 is 5.32 Å². The predicted octanol–water partition coefficient (Wildman–Crippen LogP) is 1.29. The molecule has 1 unspecified atom stereocenters. The summed E-state index contributed by atoms with van der Waals surface area (Å²) in [5, 5.41) is 2.99. The summed E-state index contributed by atoms with van der Waals surface area (Å²) >= 11 is 0. The molecule has 4 rings (SSSR count). The zero-order valence-electron chi connectivity index (χ0n) is 18.1. The van der Waals surface area contributed by atoms with E-state index in [9.17, 15) is 18.0 Å². The average molecular weight is 449 g/mol. The summed E-state index contributed by atoms with van der Waals surface area (Å²) in [5.74, 6) is -0.113. The molecule has 3 aliphatic rings. The standard InChI is InChI=1S/C22H32N4O4S/c1-17-5-2-3-10-26(17)31(29,30)20-7-4-6-18(15-20)22(28)25-13-11-24(12-14-25)16-21(27)23-19-8-9-19/h4,6-7,15,17,19H,2-3,5,8-14,16H2,1H3,(H,23,27). The molecule has 1 atom stereocenters. The Balaban J connectivity index is 1.37.